The summed E-state index contributed by atoms with van der Waals surface area (Å²) in [5, 5.41) is 3.43. The molecular formula is C13H20BrNO2. The topological polar surface area (TPSA) is 30.5 Å². The molecule has 0 aromatic heterocycles. The van der Waals surface area contributed by atoms with Crippen LogP contribution in [-0.2, 0) is 15.0 Å². The highest BCUT2D eigenvalue weighted by molar-refractivity contribution is 9.10. The minimum Gasteiger partial charge on any atom is -0.355 e. The molecule has 0 bridgehead atoms. The Morgan fingerprint density at radius 2 is 1.71 bits per heavy atom. The fourth-order valence-corrected chi connectivity index (χ4v) is 1.83. The maximum Gasteiger partial charge on any atom is 0.169 e. The van der Waals surface area contributed by atoms with Gasteiger partial charge in [-0.3, -0.25) is 0 Å². The number of ether oxygens (including phenoxy) is 2. The van der Waals surface area contributed by atoms with Crippen molar-refractivity contribution in [2.75, 3.05) is 20.8 Å². The molecule has 1 rings (SSSR count). The first kappa shape index (κ1) is 14.6. The minimum absolute atomic E-state index is 0.115. The third-order valence-corrected chi connectivity index (χ3v) is 3.33. The van der Waals surface area contributed by atoms with Crippen LogP contribution in [0.1, 0.15) is 19.4 Å². The summed E-state index contributed by atoms with van der Waals surface area (Å²) in [7, 11) is 3.28. The van der Waals surface area contributed by atoms with Crippen molar-refractivity contribution in [3.05, 3.63) is 34.3 Å². The monoisotopic (exact) mass is 301 g/mol. The van der Waals surface area contributed by atoms with Gasteiger partial charge in [-0.2, -0.15) is 0 Å². The largest absolute Gasteiger partial charge is 0.355 e. The summed E-state index contributed by atoms with van der Waals surface area (Å²) in [6, 6.07) is 8.29. The lowest BCUT2D eigenvalue weighted by atomic mass is 9.94. The second-order valence-corrected chi connectivity index (χ2v) is 5.33. The van der Waals surface area contributed by atoms with Gasteiger partial charge in [0.05, 0.1) is 0 Å². The fraction of sp³-hybridized carbons (Fsp3) is 0.538. The number of hydrogen-bond donors (Lipinski definition) is 1. The quantitative estimate of drug-likeness (QED) is 0.820. The highest BCUT2D eigenvalue weighted by Gasteiger charge is 2.21. The molecule has 3 nitrogen and oxygen atoms in total. The SMILES string of the molecule is COC(CNC(C)(C)c1ccc(Br)cc1)OC. The lowest BCUT2D eigenvalue weighted by Gasteiger charge is -2.29. The Morgan fingerprint density at radius 3 is 2.18 bits per heavy atom. The second-order valence-electron chi connectivity index (χ2n) is 4.41. The summed E-state index contributed by atoms with van der Waals surface area (Å²) < 4.78 is 11.4. The highest BCUT2D eigenvalue weighted by atomic mass is 79.9. The first-order valence-corrected chi connectivity index (χ1v) is 6.35. The molecular weight excluding hydrogens is 282 g/mol. The van der Waals surface area contributed by atoms with Gasteiger partial charge >= 0.3 is 0 Å². The number of methoxy groups -OCH3 is 2. The first-order chi connectivity index (χ1) is 7.99. The summed E-state index contributed by atoms with van der Waals surface area (Å²) in [6.07, 6.45) is -0.218. The fourth-order valence-electron chi connectivity index (χ4n) is 1.57. The zero-order valence-corrected chi connectivity index (χ0v) is 12.4. The Bertz CT molecular complexity index is 334. The molecule has 0 spiro atoms. The van der Waals surface area contributed by atoms with E-state index < -0.39 is 0 Å². The summed E-state index contributed by atoms with van der Waals surface area (Å²) >= 11 is 3.44. The number of hydrogen-bond acceptors (Lipinski definition) is 3. The summed E-state index contributed by atoms with van der Waals surface area (Å²) in [4.78, 5) is 0. The molecule has 0 unspecified atom stereocenters. The molecule has 4 heteroatoms. The molecule has 96 valence electrons. The van der Waals surface area contributed by atoms with E-state index in [-0.39, 0.29) is 11.8 Å². The average Bonchev–Trinajstić information content (AvgIpc) is 2.31. The van der Waals surface area contributed by atoms with Crippen LogP contribution >= 0.6 is 15.9 Å². The summed E-state index contributed by atoms with van der Waals surface area (Å²) in [5.41, 5.74) is 1.11. The van der Waals surface area contributed by atoms with E-state index in [1.807, 2.05) is 12.1 Å². The van der Waals surface area contributed by atoms with Gasteiger partial charge in [0.15, 0.2) is 6.29 Å². The van der Waals surface area contributed by atoms with Crippen molar-refractivity contribution in [3.63, 3.8) is 0 Å². The van der Waals surface area contributed by atoms with Crippen molar-refractivity contribution in [1.29, 1.82) is 0 Å². The second kappa shape index (κ2) is 6.50. The van der Waals surface area contributed by atoms with E-state index in [1.54, 1.807) is 14.2 Å². The van der Waals surface area contributed by atoms with Gasteiger partial charge in [-0.15, -0.1) is 0 Å². The molecule has 1 aromatic rings. The van der Waals surface area contributed by atoms with E-state index in [0.717, 1.165) is 4.47 Å². The van der Waals surface area contributed by atoms with Crippen LogP contribution in [0.5, 0.6) is 0 Å². The highest BCUT2D eigenvalue weighted by Crippen LogP contribution is 2.22. The van der Waals surface area contributed by atoms with Crippen molar-refractivity contribution in [1.82, 2.24) is 5.32 Å². The zero-order valence-electron chi connectivity index (χ0n) is 10.8. The van der Waals surface area contributed by atoms with Crippen LogP contribution in [0.25, 0.3) is 0 Å². The molecule has 0 saturated carbocycles. The van der Waals surface area contributed by atoms with Crippen LogP contribution < -0.4 is 5.32 Å². The molecule has 0 saturated heterocycles. The van der Waals surface area contributed by atoms with Gasteiger partial charge in [0.25, 0.3) is 0 Å². The van der Waals surface area contributed by atoms with Crippen LogP contribution in [0.4, 0.5) is 0 Å². The van der Waals surface area contributed by atoms with E-state index in [0.29, 0.717) is 6.54 Å². The molecule has 1 N–H and O–H groups in total. The molecule has 0 heterocycles. The van der Waals surface area contributed by atoms with Crippen LogP contribution in [0.15, 0.2) is 28.7 Å². The predicted octanol–water partition coefficient (Wildman–Crippen LogP) is 2.89. The van der Waals surface area contributed by atoms with E-state index in [1.165, 1.54) is 5.56 Å². The average molecular weight is 302 g/mol. The van der Waals surface area contributed by atoms with Crippen molar-refractivity contribution in [2.45, 2.75) is 25.7 Å². The molecule has 0 aliphatic heterocycles. The number of nitrogens with one attached hydrogen (secondary N) is 1. The molecule has 0 amide bonds. The molecule has 1 aromatic carbocycles. The van der Waals surface area contributed by atoms with Gasteiger partial charge < -0.3 is 14.8 Å². The molecule has 0 aliphatic rings. The van der Waals surface area contributed by atoms with E-state index >= 15 is 0 Å². The lowest BCUT2D eigenvalue weighted by molar-refractivity contribution is -0.102. The number of rotatable bonds is 6. The predicted molar refractivity (Wildman–Crippen MR) is 73.0 cm³/mol. The van der Waals surface area contributed by atoms with E-state index in [2.05, 4.69) is 47.2 Å². The molecule has 0 aliphatic carbocycles. The standard InChI is InChI=1S/C13H20BrNO2/c1-13(2,15-9-12(16-3)17-4)10-5-7-11(14)8-6-10/h5-8,12,15H,9H2,1-4H3. The van der Waals surface area contributed by atoms with Crippen molar-refractivity contribution in [3.8, 4) is 0 Å². The molecule has 0 atom stereocenters. The summed E-state index contributed by atoms with van der Waals surface area (Å²) in [5.74, 6) is 0. The van der Waals surface area contributed by atoms with Crippen molar-refractivity contribution >= 4 is 15.9 Å². The van der Waals surface area contributed by atoms with Gasteiger partial charge in [-0.25, -0.2) is 0 Å². The first-order valence-electron chi connectivity index (χ1n) is 5.56. The van der Waals surface area contributed by atoms with E-state index in [9.17, 15) is 0 Å². The van der Waals surface area contributed by atoms with Gasteiger partial charge in [0.2, 0.25) is 0 Å². The zero-order chi connectivity index (χ0) is 12.9. The summed E-state index contributed by atoms with van der Waals surface area (Å²) in [6.45, 7) is 4.92. The Balaban J connectivity index is 2.64. The third-order valence-electron chi connectivity index (χ3n) is 2.80. The van der Waals surface area contributed by atoms with Gasteiger partial charge in [0, 0.05) is 30.8 Å². The Labute approximate surface area is 112 Å². The lowest BCUT2D eigenvalue weighted by Crippen LogP contribution is -2.42. The van der Waals surface area contributed by atoms with Crippen LogP contribution in [0, 0.1) is 0 Å². The van der Waals surface area contributed by atoms with Gasteiger partial charge in [0.1, 0.15) is 0 Å². The Kier molecular flexibility index (Phi) is 5.59. The van der Waals surface area contributed by atoms with E-state index in [4.69, 9.17) is 9.47 Å². The molecule has 0 fully saturated rings. The van der Waals surface area contributed by atoms with Gasteiger partial charge in [-0.05, 0) is 31.5 Å². The molecule has 0 radical (unpaired) electrons. The normalized spacial score (nSPS) is 12.1. The maximum absolute atomic E-state index is 5.16. The number of benzene rings is 1. The third kappa shape index (κ3) is 4.39. The minimum atomic E-state index is -0.218. The maximum atomic E-state index is 5.16. The Morgan fingerprint density at radius 1 is 1.18 bits per heavy atom. The van der Waals surface area contributed by atoms with Crippen LogP contribution in [0.3, 0.4) is 0 Å². The molecule has 17 heavy (non-hydrogen) atoms. The van der Waals surface area contributed by atoms with Crippen molar-refractivity contribution < 1.29 is 9.47 Å². The van der Waals surface area contributed by atoms with Gasteiger partial charge in [-0.1, -0.05) is 28.1 Å². The number of halogens is 1. The Hall–Kier alpha value is -0.420. The van der Waals surface area contributed by atoms with Crippen molar-refractivity contribution in [2.24, 2.45) is 0 Å². The van der Waals surface area contributed by atoms with Crippen LogP contribution in [0.2, 0.25) is 0 Å². The smallest absolute Gasteiger partial charge is 0.169 e. The van der Waals surface area contributed by atoms with Crippen LogP contribution in [-0.4, -0.2) is 27.1 Å².